The molecule has 5 nitrogen and oxygen atoms in total. The number of piperidine rings is 1. The number of sulfonamides is 1. The van der Waals surface area contributed by atoms with Crippen LogP contribution in [0.5, 0.6) is 0 Å². The topological polar surface area (TPSA) is 60.9 Å². The molecule has 0 amide bonds. The summed E-state index contributed by atoms with van der Waals surface area (Å²) < 4.78 is 25.2. The first-order valence-electron chi connectivity index (χ1n) is 7.85. The minimum Gasteiger partial charge on any atom is -0.396 e. The fourth-order valence-electron chi connectivity index (χ4n) is 3.89. The van der Waals surface area contributed by atoms with E-state index in [2.05, 4.69) is 4.90 Å². The molecule has 2 saturated heterocycles. The van der Waals surface area contributed by atoms with Crippen molar-refractivity contribution in [2.75, 3.05) is 39.0 Å². The molecule has 2 heterocycles. The van der Waals surface area contributed by atoms with E-state index in [0.29, 0.717) is 13.1 Å². The molecule has 8 heteroatoms. The van der Waals surface area contributed by atoms with Crippen LogP contribution in [-0.4, -0.2) is 61.8 Å². The summed E-state index contributed by atoms with van der Waals surface area (Å²) in [6.45, 7) is 3.43. The van der Waals surface area contributed by atoms with Crippen molar-refractivity contribution in [1.29, 1.82) is 0 Å². The maximum absolute atomic E-state index is 11.9. The molecular weight excluding hydrogens is 371 g/mol. The van der Waals surface area contributed by atoms with E-state index < -0.39 is 10.0 Å². The van der Waals surface area contributed by atoms with E-state index in [-0.39, 0.29) is 30.3 Å². The third-order valence-corrected chi connectivity index (χ3v) is 6.69. The molecule has 0 unspecified atom stereocenters. The van der Waals surface area contributed by atoms with Gasteiger partial charge in [0.15, 0.2) is 0 Å². The summed E-state index contributed by atoms with van der Waals surface area (Å²) in [5.41, 5.74) is 0.840. The van der Waals surface area contributed by atoms with Crippen molar-refractivity contribution in [2.24, 2.45) is 11.3 Å². The predicted octanol–water partition coefficient (Wildman–Crippen LogP) is 1.84. The van der Waals surface area contributed by atoms with E-state index in [1.165, 1.54) is 16.1 Å². The van der Waals surface area contributed by atoms with Gasteiger partial charge in [-0.2, -0.15) is 0 Å². The van der Waals surface area contributed by atoms with Crippen molar-refractivity contribution in [1.82, 2.24) is 9.21 Å². The second kappa shape index (κ2) is 7.48. The number of fused-ring (bicyclic) bond motifs is 1. The number of benzene rings is 1. The number of hydrogen-bond donors (Lipinski definition) is 1. The van der Waals surface area contributed by atoms with Gasteiger partial charge < -0.3 is 5.11 Å². The van der Waals surface area contributed by atoms with Crippen LogP contribution in [0.15, 0.2) is 24.3 Å². The lowest BCUT2D eigenvalue weighted by Crippen LogP contribution is -2.50. The number of nitrogens with zero attached hydrogens (tertiary/aromatic N) is 2. The normalized spacial score (nSPS) is 28.4. The highest BCUT2D eigenvalue weighted by atomic mass is 35.5. The summed E-state index contributed by atoms with van der Waals surface area (Å²) in [6.07, 6.45) is 2.17. The molecule has 2 aliphatic heterocycles. The predicted molar refractivity (Wildman–Crippen MR) is 98.0 cm³/mol. The van der Waals surface area contributed by atoms with Crippen LogP contribution in [0.3, 0.4) is 0 Å². The zero-order valence-corrected chi connectivity index (χ0v) is 16.1. The van der Waals surface area contributed by atoms with Gasteiger partial charge in [-0.05, 0) is 36.6 Å². The van der Waals surface area contributed by atoms with Crippen LogP contribution in [0.25, 0.3) is 0 Å². The maximum atomic E-state index is 11.9. The standard InChI is InChI=1S/C16H23ClN2O3S.ClH/c1-23(21,22)19-9-14-6-7-18(10-16(14,11-19)12-20)8-13-2-4-15(17)5-3-13;/h2-5,14,20H,6-12H2,1H3;1H/t14-,16+;/m1./s1. The molecule has 2 aliphatic rings. The highest BCUT2D eigenvalue weighted by Gasteiger charge is 2.51. The molecule has 2 atom stereocenters. The number of halogens is 2. The molecule has 2 fully saturated rings. The Morgan fingerprint density at radius 2 is 1.96 bits per heavy atom. The summed E-state index contributed by atoms with van der Waals surface area (Å²) in [7, 11) is -3.20. The molecule has 0 aliphatic carbocycles. The molecule has 1 aromatic rings. The van der Waals surface area contributed by atoms with Gasteiger partial charge in [-0.25, -0.2) is 12.7 Å². The van der Waals surface area contributed by atoms with Crippen LogP contribution in [-0.2, 0) is 16.6 Å². The molecule has 0 saturated carbocycles. The highest BCUT2D eigenvalue weighted by molar-refractivity contribution is 7.88. The van der Waals surface area contributed by atoms with Gasteiger partial charge in [0.2, 0.25) is 10.0 Å². The first-order valence-corrected chi connectivity index (χ1v) is 10.1. The number of aliphatic hydroxyl groups excluding tert-OH is 1. The zero-order chi connectivity index (χ0) is 16.7. The Bertz CT molecular complexity index is 668. The van der Waals surface area contributed by atoms with Crippen LogP contribution in [0.4, 0.5) is 0 Å². The van der Waals surface area contributed by atoms with Crippen LogP contribution in [0, 0.1) is 11.3 Å². The number of hydrogen-bond acceptors (Lipinski definition) is 4. The first kappa shape index (κ1) is 19.9. The van der Waals surface area contributed by atoms with Crippen LogP contribution < -0.4 is 0 Å². The molecule has 0 spiro atoms. The zero-order valence-electron chi connectivity index (χ0n) is 13.7. The second-order valence-electron chi connectivity index (χ2n) is 6.90. The maximum Gasteiger partial charge on any atom is 0.211 e. The van der Waals surface area contributed by atoms with Crippen LogP contribution in [0.2, 0.25) is 5.02 Å². The lowest BCUT2D eigenvalue weighted by molar-refractivity contribution is 0.00883. The number of likely N-dealkylation sites (tertiary alicyclic amines) is 1. The Balaban J connectivity index is 0.00000208. The quantitative estimate of drug-likeness (QED) is 0.845. The molecule has 3 rings (SSSR count). The van der Waals surface area contributed by atoms with Crippen molar-refractivity contribution in [2.45, 2.75) is 13.0 Å². The summed E-state index contributed by atoms with van der Waals surface area (Å²) in [5, 5.41) is 10.7. The minimum atomic E-state index is -3.20. The van der Waals surface area contributed by atoms with Crippen molar-refractivity contribution >= 4 is 34.0 Å². The molecule has 0 bridgehead atoms. The Kier molecular flexibility index (Phi) is 6.21. The van der Waals surface area contributed by atoms with Gasteiger partial charge >= 0.3 is 0 Å². The smallest absolute Gasteiger partial charge is 0.211 e. The average molecular weight is 395 g/mol. The Morgan fingerprint density at radius 1 is 1.29 bits per heavy atom. The number of rotatable bonds is 4. The third kappa shape index (κ3) is 4.06. The van der Waals surface area contributed by atoms with Crippen molar-refractivity contribution < 1.29 is 13.5 Å². The van der Waals surface area contributed by atoms with E-state index in [9.17, 15) is 13.5 Å². The molecule has 1 N–H and O–H groups in total. The van der Waals surface area contributed by atoms with Gasteiger partial charge in [-0.15, -0.1) is 12.4 Å². The molecule has 0 radical (unpaired) electrons. The van der Waals surface area contributed by atoms with Gasteiger partial charge in [0, 0.05) is 36.6 Å². The SMILES string of the molecule is CS(=O)(=O)N1C[C@H]2CCN(Cc3ccc(Cl)cc3)C[C@@]2(CO)C1.Cl. The fraction of sp³-hybridized carbons (Fsp3) is 0.625. The molecule has 0 aromatic heterocycles. The fourth-order valence-corrected chi connectivity index (χ4v) is 4.96. The molecule has 24 heavy (non-hydrogen) atoms. The van der Waals surface area contributed by atoms with Gasteiger partial charge in [0.25, 0.3) is 0 Å². The summed E-state index contributed by atoms with van der Waals surface area (Å²) in [6, 6.07) is 7.79. The lowest BCUT2D eigenvalue weighted by atomic mass is 9.74. The molecule has 136 valence electrons. The Morgan fingerprint density at radius 3 is 2.54 bits per heavy atom. The van der Waals surface area contributed by atoms with Crippen molar-refractivity contribution in [3.63, 3.8) is 0 Å². The number of aliphatic hydroxyl groups is 1. The average Bonchev–Trinajstić information content (AvgIpc) is 2.89. The molecule has 1 aromatic carbocycles. The van der Waals surface area contributed by atoms with E-state index in [4.69, 9.17) is 11.6 Å². The lowest BCUT2D eigenvalue weighted by Gasteiger charge is -2.43. The van der Waals surface area contributed by atoms with Crippen molar-refractivity contribution in [3.8, 4) is 0 Å². The Labute approximate surface area is 155 Å². The summed E-state index contributed by atoms with van der Waals surface area (Å²) in [5.74, 6) is 0.240. The van der Waals surface area contributed by atoms with Crippen LogP contribution in [0.1, 0.15) is 12.0 Å². The molecular formula is C16H24Cl2N2O3S. The van der Waals surface area contributed by atoms with Crippen LogP contribution >= 0.6 is 24.0 Å². The van der Waals surface area contributed by atoms with E-state index in [1.807, 2.05) is 24.3 Å². The first-order chi connectivity index (χ1) is 10.8. The van der Waals surface area contributed by atoms with Gasteiger partial charge in [-0.1, -0.05) is 23.7 Å². The van der Waals surface area contributed by atoms with Crippen molar-refractivity contribution in [3.05, 3.63) is 34.9 Å². The summed E-state index contributed by atoms with van der Waals surface area (Å²) >= 11 is 5.92. The van der Waals surface area contributed by atoms with Gasteiger partial charge in [-0.3, -0.25) is 4.90 Å². The minimum absolute atomic E-state index is 0. The Hall–Kier alpha value is -0.370. The van der Waals surface area contributed by atoms with E-state index in [1.54, 1.807) is 0 Å². The second-order valence-corrected chi connectivity index (χ2v) is 9.32. The van der Waals surface area contributed by atoms with Gasteiger partial charge in [0.05, 0.1) is 12.9 Å². The highest BCUT2D eigenvalue weighted by Crippen LogP contribution is 2.42. The summed E-state index contributed by atoms with van der Waals surface area (Å²) in [4.78, 5) is 2.31. The third-order valence-electron chi connectivity index (χ3n) is 5.22. The van der Waals surface area contributed by atoms with E-state index >= 15 is 0 Å². The van der Waals surface area contributed by atoms with E-state index in [0.717, 1.165) is 31.1 Å². The largest absolute Gasteiger partial charge is 0.396 e. The van der Waals surface area contributed by atoms with Gasteiger partial charge in [0.1, 0.15) is 0 Å². The monoisotopic (exact) mass is 394 g/mol.